The summed E-state index contributed by atoms with van der Waals surface area (Å²) >= 11 is 6.07. The van der Waals surface area contributed by atoms with E-state index in [9.17, 15) is 9.18 Å². The van der Waals surface area contributed by atoms with Crippen LogP contribution in [0.1, 0.15) is 27.4 Å². The first-order valence-corrected chi connectivity index (χ1v) is 8.27. The van der Waals surface area contributed by atoms with Gasteiger partial charge in [0, 0.05) is 6.54 Å². The molecule has 5 nitrogen and oxygen atoms in total. The third kappa shape index (κ3) is 4.21. The van der Waals surface area contributed by atoms with Gasteiger partial charge < -0.3 is 14.6 Å². The Balaban J connectivity index is 1.67. The molecule has 134 valence electrons. The van der Waals surface area contributed by atoms with Crippen LogP contribution in [0, 0.1) is 12.7 Å². The lowest BCUT2D eigenvalue weighted by Gasteiger charge is -2.08. The van der Waals surface area contributed by atoms with Gasteiger partial charge in [0.1, 0.15) is 23.9 Å². The number of benzene rings is 2. The molecule has 0 aliphatic carbocycles. The van der Waals surface area contributed by atoms with E-state index < -0.39 is 5.91 Å². The van der Waals surface area contributed by atoms with Gasteiger partial charge in [-0.2, -0.15) is 0 Å². The normalized spacial score (nSPS) is 10.6. The van der Waals surface area contributed by atoms with Gasteiger partial charge in [0.25, 0.3) is 5.91 Å². The highest BCUT2D eigenvalue weighted by atomic mass is 35.5. The second-order valence-electron chi connectivity index (χ2n) is 5.59. The van der Waals surface area contributed by atoms with Crippen molar-refractivity contribution in [3.63, 3.8) is 0 Å². The average Bonchev–Trinajstić information content (AvgIpc) is 3.01. The van der Waals surface area contributed by atoms with Crippen molar-refractivity contribution in [2.75, 3.05) is 0 Å². The van der Waals surface area contributed by atoms with Gasteiger partial charge in [-0.3, -0.25) is 4.79 Å². The summed E-state index contributed by atoms with van der Waals surface area (Å²) in [5.41, 5.74) is 1.46. The lowest BCUT2D eigenvalue weighted by molar-refractivity contribution is 0.0939. The van der Waals surface area contributed by atoms with E-state index >= 15 is 0 Å². The van der Waals surface area contributed by atoms with Crippen LogP contribution in [-0.2, 0) is 13.2 Å². The van der Waals surface area contributed by atoms with Crippen molar-refractivity contribution in [1.29, 1.82) is 0 Å². The van der Waals surface area contributed by atoms with Crippen LogP contribution in [-0.4, -0.2) is 11.1 Å². The molecule has 7 heteroatoms. The van der Waals surface area contributed by atoms with E-state index in [1.807, 2.05) is 0 Å². The van der Waals surface area contributed by atoms with Crippen LogP contribution < -0.4 is 10.1 Å². The zero-order valence-corrected chi connectivity index (χ0v) is 14.7. The van der Waals surface area contributed by atoms with E-state index in [4.69, 9.17) is 20.9 Å². The van der Waals surface area contributed by atoms with Crippen molar-refractivity contribution in [2.24, 2.45) is 0 Å². The van der Waals surface area contributed by atoms with Gasteiger partial charge in [-0.1, -0.05) is 41.0 Å². The molecule has 0 aliphatic heterocycles. The van der Waals surface area contributed by atoms with Crippen LogP contribution in [0.25, 0.3) is 0 Å². The summed E-state index contributed by atoms with van der Waals surface area (Å²) in [6, 6.07) is 12.9. The highest BCUT2D eigenvalue weighted by Crippen LogP contribution is 2.25. The number of aromatic nitrogens is 1. The molecule has 1 amide bonds. The molecule has 26 heavy (non-hydrogen) atoms. The van der Waals surface area contributed by atoms with Crippen molar-refractivity contribution in [2.45, 2.75) is 20.1 Å². The van der Waals surface area contributed by atoms with Crippen LogP contribution in [0.2, 0.25) is 5.02 Å². The van der Waals surface area contributed by atoms with E-state index in [-0.39, 0.29) is 24.7 Å². The first-order chi connectivity index (χ1) is 12.5. The Morgan fingerprint density at radius 1 is 1.23 bits per heavy atom. The highest BCUT2D eigenvalue weighted by molar-refractivity contribution is 6.32. The Hall–Kier alpha value is -2.86. The predicted octanol–water partition coefficient (Wildman–Crippen LogP) is 4.28. The summed E-state index contributed by atoms with van der Waals surface area (Å²) in [6.45, 7) is 2.04. The number of ether oxygens (including phenoxy) is 1. The Kier molecular flexibility index (Phi) is 5.53. The molecule has 0 unspecified atom stereocenters. The number of carbonyl (C=O) groups excluding carboxylic acids is 1. The van der Waals surface area contributed by atoms with Gasteiger partial charge in [-0.05, 0) is 36.8 Å². The molecule has 1 N–H and O–H groups in total. The number of carbonyl (C=O) groups is 1. The summed E-state index contributed by atoms with van der Waals surface area (Å²) in [5, 5.41) is 7.03. The number of halogens is 2. The Morgan fingerprint density at radius 2 is 1.96 bits per heavy atom. The molecule has 3 aromatic rings. The Bertz CT molecular complexity index is 909. The van der Waals surface area contributed by atoms with Crippen molar-refractivity contribution in [3.05, 3.63) is 82.0 Å². The van der Waals surface area contributed by atoms with Crippen molar-refractivity contribution in [3.8, 4) is 5.75 Å². The van der Waals surface area contributed by atoms with Gasteiger partial charge in [0.05, 0.1) is 10.6 Å². The molecule has 0 fully saturated rings. The van der Waals surface area contributed by atoms with Crippen molar-refractivity contribution in [1.82, 2.24) is 10.5 Å². The maximum Gasteiger partial charge on any atom is 0.274 e. The molecular weight excluding hydrogens is 359 g/mol. The molecule has 0 spiro atoms. The number of aryl methyl sites for hydroxylation is 1. The van der Waals surface area contributed by atoms with Crippen LogP contribution in [0.4, 0.5) is 4.39 Å². The van der Waals surface area contributed by atoms with Gasteiger partial charge in [-0.25, -0.2) is 4.39 Å². The van der Waals surface area contributed by atoms with Gasteiger partial charge in [0.2, 0.25) is 0 Å². The second kappa shape index (κ2) is 8.01. The lowest BCUT2D eigenvalue weighted by atomic mass is 10.2. The summed E-state index contributed by atoms with van der Waals surface area (Å²) in [6.07, 6.45) is 0. The van der Waals surface area contributed by atoms with E-state index in [2.05, 4.69) is 10.5 Å². The molecule has 0 saturated heterocycles. The topological polar surface area (TPSA) is 64.4 Å². The number of nitrogens with one attached hydrogen (secondary N) is 1. The Labute approximate surface area is 154 Å². The number of rotatable bonds is 6. The van der Waals surface area contributed by atoms with Gasteiger partial charge in [0.15, 0.2) is 5.69 Å². The molecule has 0 aliphatic rings. The largest absolute Gasteiger partial charge is 0.487 e. The van der Waals surface area contributed by atoms with E-state index in [1.165, 1.54) is 12.1 Å². The molecule has 1 aromatic heterocycles. The number of amides is 1. The summed E-state index contributed by atoms with van der Waals surface area (Å²) in [5.74, 6) is 0.270. The van der Waals surface area contributed by atoms with E-state index in [0.717, 1.165) is 5.56 Å². The molecular formula is C19H16ClFN2O3. The number of hydrogen-bond donors (Lipinski definition) is 1. The van der Waals surface area contributed by atoms with E-state index in [0.29, 0.717) is 22.1 Å². The van der Waals surface area contributed by atoms with Crippen LogP contribution >= 0.6 is 11.6 Å². The molecule has 0 bridgehead atoms. The summed E-state index contributed by atoms with van der Waals surface area (Å²) in [4.78, 5) is 12.4. The third-order valence-corrected chi connectivity index (χ3v) is 4.09. The number of nitrogens with zero attached hydrogens (tertiary/aromatic N) is 1. The first-order valence-electron chi connectivity index (χ1n) is 7.89. The molecule has 1 heterocycles. The first kappa shape index (κ1) is 17.9. The zero-order chi connectivity index (χ0) is 18.5. The second-order valence-corrected chi connectivity index (χ2v) is 6.00. The number of hydrogen-bond acceptors (Lipinski definition) is 4. The maximum atomic E-state index is 12.9. The molecule has 2 aromatic carbocycles. The van der Waals surface area contributed by atoms with Crippen molar-refractivity contribution >= 4 is 17.5 Å². The fourth-order valence-electron chi connectivity index (χ4n) is 2.32. The minimum absolute atomic E-state index is 0.0956. The lowest BCUT2D eigenvalue weighted by Crippen LogP contribution is -2.24. The average molecular weight is 375 g/mol. The molecule has 0 saturated carbocycles. The number of para-hydroxylation sites is 1. The fraction of sp³-hybridized carbons (Fsp3) is 0.158. The van der Waals surface area contributed by atoms with Gasteiger partial charge in [-0.15, -0.1) is 0 Å². The summed E-state index contributed by atoms with van der Waals surface area (Å²) < 4.78 is 23.7. The zero-order valence-electron chi connectivity index (χ0n) is 14.0. The SMILES string of the molecule is Cc1onc(C(=O)NCc2ccc(F)cc2)c1COc1ccccc1Cl. The molecule has 0 atom stereocenters. The quantitative estimate of drug-likeness (QED) is 0.699. The Morgan fingerprint density at radius 3 is 2.69 bits per heavy atom. The highest BCUT2D eigenvalue weighted by Gasteiger charge is 2.20. The minimum Gasteiger partial charge on any atom is -0.487 e. The van der Waals surface area contributed by atoms with Crippen LogP contribution in [0.5, 0.6) is 5.75 Å². The minimum atomic E-state index is -0.399. The summed E-state index contributed by atoms with van der Waals surface area (Å²) in [7, 11) is 0. The fourth-order valence-corrected chi connectivity index (χ4v) is 2.51. The maximum absolute atomic E-state index is 12.9. The van der Waals surface area contributed by atoms with Crippen LogP contribution in [0.15, 0.2) is 53.1 Å². The van der Waals surface area contributed by atoms with Crippen molar-refractivity contribution < 1.29 is 18.4 Å². The molecule has 3 rings (SSSR count). The standard InChI is InChI=1S/C19H16ClFN2O3/c1-12-15(11-25-17-5-3-2-4-16(17)20)18(23-26-12)19(24)22-10-13-6-8-14(21)9-7-13/h2-9H,10-11H2,1H3,(H,22,24). The van der Waals surface area contributed by atoms with Crippen LogP contribution in [0.3, 0.4) is 0 Å². The van der Waals surface area contributed by atoms with Gasteiger partial charge >= 0.3 is 0 Å². The third-order valence-electron chi connectivity index (χ3n) is 3.77. The monoisotopic (exact) mass is 374 g/mol. The van der Waals surface area contributed by atoms with E-state index in [1.54, 1.807) is 43.3 Å². The predicted molar refractivity (Wildman–Crippen MR) is 94.6 cm³/mol. The molecule has 0 radical (unpaired) electrons. The smallest absolute Gasteiger partial charge is 0.274 e.